The Labute approximate surface area is 56.4 Å². The van der Waals surface area contributed by atoms with E-state index >= 15 is 0 Å². The van der Waals surface area contributed by atoms with Gasteiger partial charge in [-0.3, -0.25) is 0 Å². The Morgan fingerprint density at radius 2 is 2.22 bits per heavy atom. The zero-order valence-corrected chi connectivity index (χ0v) is 6.18. The van der Waals surface area contributed by atoms with E-state index in [1.165, 1.54) is 6.42 Å². The fourth-order valence-electron chi connectivity index (χ4n) is 1.19. The number of hydrogen-bond donors (Lipinski definition) is 0. The van der Waals surface area contributed by atoms with Crippen LogP contribution in [-0.2, 0) is 4.79 Å². The standard InChI is InChI=1S/C8H14O/c1-6-5-8(6)4-3-7(2)9/h6,8H,3-5H2,1-2H3/t6-,8+/m0/s1. The van der Waals surface area contributed by atoms with E-state index in [0.29, 0.717) is 5.78 Å². The van der Waals surface area contributed by atoms with E-state index in [4.69, 9.17) is 0 Å². The highest BCUT2D eigenvalue weighted by Gasteiger charge is 2.31. The molecule has 0 radical (unpaired) electrons. The second-order valence-electron chi connectivity index (χ2n) is 3.21. The topological polar surface area (TPSA) is 17.1 Å². The number of rotatable bonds is 3. The van der Waals surface area contributed by atoms with Crippen LogP contribution in [0.15, 0.2) is 0 Å². The van der Waals surface area contributed by atoms with Crippen LogP contribution in [0.3, 0.4) is 0 Å². The zero-order chi connectivity index (χ0) is 6.85. The monoisotopic (exact) mass is 126 g/mol. The molecule has 1 aliphatic rings. The lowest BCUT2D eigenvalue weighted by Crippen LogP contribution is -1.90. The van der Waals surface area contributed by atoms with Crippen molar-refractivity contribution in [3.05, 3.63) is 0 Å². The molecule has 1 fully saturated rings. The van der Waals surface area contributed by atoms with Crippen molar-refractivity contribution in [1.82, 2.24) is 0 Å². The maximum absolute atomic E-state index is 10.5. The van der Waals surface area contributed by atoms with Gasteiger partial charge in [-0.25, -0.2) is 0 Å². The number of hydrogen-bond acceptors (Lipinski definition) is 1. The van der Waals surface area contributed by atoms with Crippen molar-refractivity contribution in [2.24, 2.45) is 11.8 Å². The second kappa shape index (κ2) is 2.51. The van der Waals surface area contributed by atoms with Crippen molar-refractivity contribution in [3.8, 4) is 0 Å². The summed E-state index contributed by atoms with van der Waals surface area (Å²) in [6, 6.07) is 0. The Balaban J connectivity index is 2.00. The van der Waals surface area contributed by atoms with Gasteiger partial charge < -0.3 is 4.79 Å². The number of Topliss-reactive ketones (excluding diaryl/α,β-unsaturated/α-hetero) is 1. The van der Waals surface area contributed by atoms with Gasteiger partial charge in [-0.2, -0.15) is 0 Å². The van der Waals surface area contributed by atoms with Gasteiger partial charge in [-0.05, 0) is 31.6 Å². The molecule has 0 aliphatic heterocycles. The molecule has 0 aromatic rings. The van der Waals surface area contributed by atoms with Gasteiger partial charge in [0.25, 0.3) is 0 Å². The molecule has 1 saturated carbocycles. The second-order valence-corrected chi connectivity index (χ2v) is 3.21. The summed E-state index contributed by atoms with van der Waals surface area (Å²) in [4.78, 5) is 10.5. The molecule has 1 aliphatic carbocycles. The molecular weight excluding hydrogens is 112 g/mol. The van der Waals surface area contributed by atoms with Crippen LogP contribution in [0.4, 0.5) is 0 Å². The molecule has 0 spiro atoms. The Bertz CT molecular complexity index is 118. The van der Waals surface area contributed by atoms with E-state index in [-0.39, 0.29) is 0 Å². The highest BCUT2D eigenvalue weighted by Crippen LogP contribution is 2.41. The van der Waals surface area contributed by atoms with Gasteiger partial charge >= 0.3 is 0 Å². The summed E-state index contributed by atoms with van der Waals surface area (Å²) in [6.45, 7) is 3.93. The third-order valence-electron chi connectivity index (χ3n) is 2.14. The molecule has 0 unspecified atom stereocenters. The van der Waals surface area contributed by atoms with E-state index in [0.717, 1.165) is 24.7 Å². The summed E-state index contributed by atoms with van der Waals surface area (Å²) >= 11 is 0. The maximum atomic E-state index is 10.5. The van der Waals surface area contributed by atoms with Crippen LogP contribution < -0.4 is 0 Å². The third kappa shape index (κ3) is 2.17. The average Bonchev–Trinajstić information content (AvgIpc) is 2.42. The van der Waals surface area contributed by atoms with Gasteiger partial charge in [0.1, 0.15) is 5.78 Å². The van der Waals surface area contributed by atoms with Crippen LogP contribution >= 0.6 is 0 Å². The Morgan fingerprint density at radius 3 is 2.56 bits per heavy atom. The Hall–Kier alpha value is -0.330. The summed E-state index contributed by atoms with van der Waals surface area (Å²) < 4.78 is 0. The van der Waals surface area contributed by atoms with E-state index in [9.17, 15) is 4.79 Å². The van der Waals surface area contributed by atoms with E-state index in [1.807, 2.05) is 0 Å². The summed E-state index contributed by atoms with van der Waals surface area (Å²) in [7, 11) is 0. The molecule has 0 N–H and O–H groups in total. The first-order valence-corrected chi connectivity index (χ1v) is 3.69. The minimum atomic E-state index is 0.342. The molecular formula is C8H14O. The van der Waals surface area contributed by atoms with Gasteiger partial charge in [0.15, 0.2) is 0 Å². The largest absolute Gasteiger partial charge is 0.300 e. The van der Waals surface area contributed by atoms with Crippen LogP contribution in [0.5, 0.6) is 0 Å². The van der Waals surface area contributed by atoms with Crippen LogP contribution in [-0.4, -0.2) is 5.78 Å². The molecule has 0 aromatic carbocycles. The lowest BCUT2D eigenvalue weighted by Gasteiger charge is -1.91. The van der Waals surface area contributed by atoms with Crippen molar-refractivity contribution >= 4 is 5.78 Å². The molecule has 0 saturated heterocycles. The van der Waals surface area contributed by atoms with Crippen molar-refractivity contribution in [1.29, 1.82) is 0 Å². The van der Waals surface area contributed by atoms with Crippen molar-refractivity contribution in [3.63, 3.8) is 0 Å². The first-order valence-electron chi connectivity index (χ1n) is 3.69. The van der Waals surface area contributed by atoms with E-state index in [2.05, 4.69) is 6.92 Å². The SMILES string of the molecule is CC(=O)CC[C@@H]1C[C@@H]1C. The predicted octanol–water partition coefficient (Wildman–Crippen LogP) is 2.01. The molecule has 0 amide bonds. The Kier molecular flexibility index (Phi) is 1.89. The van der Waals surface area contributed by atoms with Crippen LogP contribution in [0, 0.1) is 11.8 Å². The number of ketones is 1. The number of carbonyl (C=O) groups excluding carboxylic acids is 1. The molecule has 1 heteroatoms. The van der Waals surface area contributed by atoms with Crippen molar-refractivity contribution < 1.29 is 4.79 Å². The average molecular weight is 126 g/mol. The molecule has 1 nitrogen and oxygen atoms in total. The van der Waals surface area contributed by atoms with Gasteiger partial charge in [0.05, 0.1) is 0 Å². The normalized spacial score (nSPS) is 32.2. The molecule has 2 atom stereocenters. The fraction of sp³-hybridized carbons (Fsp3) is 0.875. The van der Waals surface area contributed by atoms with Crippen LogP contribution in [0.25, 0.3) is 0 Å². The lowest BCUT2D eigenvalue weighted by atomic mass is 10.1. The summed E-state index contributed by atoms with van der Waals surface area (Å²) in [6.07, 6.45) is 3.29. The minimum absolute atomic E-state index is 0.342. The smallest absolute Gasteiger partial charge is 0.129 e. The quantitative estimate of drug-likeness (QED) is 0.565. The molecule has 52 valence electrons. The first kappa shape index (κ1) is 6.79. The van der Waals surface area contributed by atoms with Crippen molar-refractivity contribution in [2.75, 3.05) is 0 Å². The van der Waals surface area contributed by atoms with Gasteiger partial charge in [-0.15, -0.1) is 0 Å². The van der Waals surface area contributed by atoms with Crippen molar-refractivity contribution in [2.45, 2.75) is 33.1 Å². The van der Waals surface area contributed by atoms with Gasteiger partial charge in [0, 0.05) is 6.42 Å². The minimum Gasteiger partial charge on any atom is -0.300 e. The maximum Gasteiger partial charge on any atom is 0.129 e. The summed E-state index contributed by atoms with van der Waals surface area (Å²) in [5.74, 6) is 2.13. The lowest BCUT2D eigenvalue weighted by molar-refractivity contribution is -0.117. The van der Waals surface area contributed by atoms with E-state index < -0.39 is 0 Å². The highest BCUT2D eigenvalue weighted by molar-refractivity contribution is 5.75. The third-order valence-corrected chi connectivity index (χ3v) is 2.14. The number of carbonyl (C=O) groups is 1. The fourth-order valence-corrected chi connectivity index (χ4v) is 1.19. The summed E-state index contributed by atoms with van der Waals surface area (Å²) in [5.41, 5.74) is 0. The molecule has 1 rings (SSSR count). The molecule has 0 bridgehead atoms. The highest BCUT2D eigenvalue weighted by atomic mass is 16.1. The Morgan fingerprint density at radius 1 is 1.67 bits per heavy atom. The van der Waals surface area contributed by atoms with E-state index in [1.54, 1.807) is 6.92 Å². The predicted molar refractivity (Wildman–Crippen MR) is 37.2 cm³/mol. The first-order chi connectivity index (χ1) is 4.20. The van der Waals surface area contributed by atoms with Gasteiger partial charge in [0.2, 0.25) is 0 Å². The van der Waals surface area contributed by atoms with Gasteiger partial charge in [-0.1, -0.05) is 6.92 Å². The van der Waals surface area contributed by atoms with Crippen LogP contribution in [0.1, 0.15) is 33.1 Å². The van der Waals surface area contributed by atoms with Crippen LogP contribution in [0.2, 0.25) is 0 Å². The molecule has 0 heterocycles. The summed E-state index contributed by atoms with van der Waals surface area (Å²) in [5, 5.41) is 0. The zero-order valence-electron chi connectivity index (χ0n) is 6.18. The molecule has 9 heavy (non-hydrogen) atoms. The molecule has 0 aromatic heterocycles.